The number of sulfone groups is 1. The van der Waals surface area contributed by atoms with E-state index in [-0.39, 0.29) is 11.8 Å². The Labute approximate surface area is 140 Å². The molecule has 0 amide bonds. The second-order valence-electron chi connectivity index (χ2n) is 6.59. The number of rotatable bonds is 6. The number of nitrogens with zero attached hydrogens (tertiary/aromatic N) is 2. The first-order valence-corrected chi connectivity index (χ1v) is 13.4. The zero-order valence-corrected chi connectivity index (χ0v) is 16.7. The number of halogens is 1. The predicted molar refractivity (Wildman–Crippen MR) is 94.6 cm³/mol. The van der Waals surface area contributed by atoms with E-state index in [1.807, 2.05) is 12.1 Å². The quantitative estimate of drug-likeness (QED) is 0.545. The van der Waals surface area contributed by atoms with Crippen molar-refractivity contribution in [2.45, 2.75) is 37.4 Å². The van der Waals surface area contributed by atoms with Crippen molar-refractivity contribution in [3.8, 4) is 0 Å². The molecule has 1 aromatic carbocycles. The monoisotopic (exact) mass is 404 g/mol. The van der Waals surface area contributed by atoms with Crippen molar-refractivity contribution in [3.05, 3.63) is 22.7 Å². The van der Waals surface area contributed by atoms with E-state index in [1.165, 1.54) is 6.26 Å². The topological polar surface area (TPSA) is 61.2 Å². The Morgan fingerprint density at radius 3 is 2.59 bits per heavy atom. The zero-order valence-electron chi connectivity index (χ0n) is 13.3. The average molecular weight is 405 g/mol. The van der Waals surface area contributed by atoms with Gasteiger partial charge in [0, 0.05) is 30.8 Å². The normalized spacial score (nSPS) is 13.0. The number of hydrogen-bond acceptors (Lipinski definition) is 4. The van der Waals surface area contributed by atoms with Crippen LogP contribution in [0.1, 0.15) is 0 Å². The largest absolute Gasteiger partial charge is 0.360 e. The standard InChI is InChI=1S/C14H21BrN2O3SSi/c1-21(18,19)14-12-6-5-11(15)9-13(12)17(16-14)10-20-7-8-22(2,3)4/h5-6,9H,7-8,10H2,1-4H3. The van der Waals surface area contributed by atoms with Crippen LogP contribution in [0.15, 0.2) is 27.7 Å². The van der Waals surface area contributed by atoms with E-state index in [2.05, 4.69) is 40.7 Å². The summed E-state index contributed by atoms with van der Waals surface area (Å²) in [4.78, 5) is 0. The summed E-state index contributed by atoms with van der Waals surface area (Å²) in [7, 11) is -4.51. The van der Waals surface area contributed by atoms with Crippen molar-refractivity contribution in [2.24, 2.45) is 0 Å². The van der Waals surface area contributed by atoms with Gasteiger partial charge in [0.25, 0.3) is 0 Å². The van der Waals surface area contributed by atoms with Crippen LogP contribution in [-0.2, 0) is 21.3 Å². The highest BCUT2D eigenvalue weighted by Crippen LogP contribution is 2.26. The first-order valence-electron chi connectivity index (χ1n) is 7.02. The highest BCUT2D eigenvalue weighted by atomic mass is 79.9. The third-order valence-electron chi connectivity index (χ3n) is 3.24. The summed E-state index contributed by atoms with van der Waals surface area (Å²) in [5.74, 6) is 0. The fourth-order valence-corrected chi connectivity index (χ4v) is 3.94. The van der Waals surface area contributed by atoms with Crippen LogP contribution in [0.4, 0.5) is 0 Å². The number of aromatic nitrogens is 2. The van der Waals surface area contributed by atoms with Crippen LogP contribution in [0, 0.1) is 0 Å². The maximum atomic E-state index is 11.9. The van der Waals surface area contributed by atoms with Crippen LogP contribution in [0.5, 0.6) is 0 Å². The smallest absolute Gasteiger partial charge is 0.195 e. The van der Waals surface area contributed by atoms with E-state index in [0.717, 1.165) is 16.0 Å². The van der Waals surface area contributed by atoms with Gasteiger partial charge in [0.1, 0.15) is 6.73 Å². The lowest BCUT2D eigenvalue weighted by Gasteiger charge is -2.15. The fraction of sp³-hybridized carbons (Fsp3) is 0.500. The SMILES string of the molecule is C[Si](C)(C)CCOCn1nc(S(C)(=O)=O)c2ccc(Br)cc21. The van der Waals surface area contributed by atoms with Crippen LogP contribution < -0.4 is 0 Å². The molecule has 0 bridgehead atoms. The number of ether oxygens (including phenoxy) is 1. The number of benzene rings is 1. The Kier molecular flexibility index (Phi) is 5.15. The maximum absolute atomic E-state index is 11.9. The van der Waals surface area contributed by atoms with Crippen LogP contribution >= 0.6 is 15.9 Å². The van der Waals surface area contributed by atoms with Gasteiger partial charge in [-0.15, -0.1) is 0 Å². The molecule has 0 saturated heterocycles. The Morgan fingerprint density at radius 1 is 1.32 bits per heavy atom. The molecule has 0 fully saturated rings. The van der Waals surface area contributed by atoms with Gasteiger partial charge in [0.05, 0.1) is 5.52 Å². The summed E-state index contributed by atoms with van der Waals surface area (Å²) in [5.41, 5.74) is 0.753. The van der Waals surface area contributed by atoms with Gasteiger partial charge in [-0.2, -0.15) is 5.10 Å². The van der Waals surface area contributed by atoms with Crippen molar-refractivity contribution in [2.75, 3.05) is 12.9 Å². The van der Waals surface area contributed by atoms with Gasteiger partial charge in [-0.3, -0.25) is 0 Å². The van der Waals surface area contributed by atoms with E-state index in [4.69, 9.17) is 4.74 Å². The van der Waals surface area contributed by atoms with Gasteiger partial charge in [-0.1, -0.05) is 35.6 Å². The lowest BCUT2D eigenvalue weighted by Crippen LogP contribution is -2.22. The highest BCUT2D eigenvalue weighted by Gasteiger charge is 2.19. The van der Waals surface area contributed by atoms with Crippen molar-refractivity contribution < 1.29 is 13.2 Å². The molecule has 0 aliphatic carbocycles. The fourth-order valence-electron chi connectivity index (χ4n) is 2.02. The molecule has 22 heavy (non-hydrogen) atoms. The highest BCUT2D eigenvalue weighted by molar-refractivity contribution is 9.10. The van der Waals surface area contributed by atoms with Gasteiger partial charge < -0.3 is 4.74 Å². The molecule has 0 unspecified atom stereocenters. The molecule has 0 aliphatic rings. The summed E-state index contributed by atoms with van der Waals surface area (Å²) in [6.45, 7) is 7.79. The van der Waals surface area contributed by atoms with Gasteiger partial charge in [0.15, 0.2) is 14.9 Å². The summed E-state index contributed by atoms with van der Waals surface area (Å²) in [6, 6.07) is 6.50. The minimum absolute atomic E-state index is 0.101. The molecule has 0 atom stereocenters. The lowest BCUT2D eigenvalue weighted by molar-refractivity contribution is 0.0808. The molecule has 122 valence electrons. The molecule has 0 radical (unpaired) electrons. The molecule has 8 heteroatoms. The second-order valence-corrected chi connectivity index (χ2v) is 15.1. The molecule has 1 heterocycles. The average Bonchev–Trinajstić information content (AvgIpc) is 2.71. The zero-order chi connectivity index (χ0) is 16.5. The molecule has 2 aromatic rings. The second kappa shape index (κ2) is 6.43. The van der Waals surface area contributed by atoms with Crippen molar-refractivity contribution in [1.29, 1.82) is 0 Å². The number of fused-ring (bicyclic) bond motifs is 1. The van der Waals surface area contributed by atoms with Crippen LogP contribution in [0.3, 0.4) is 0 Å². The minimum Gasteiger partial charge on any atom is -0.360 e. The molecule has 0 spiro atoms. The van der Waals surface area contributed by atoms with Crippen LogP contribution in [0.25, 0.3) is 10.9 Å². The molecule has 2 rings (SSSR count). The molecule has 5 nitrogen and oxygen atoms in total. The number of hydrogen-bond donors (Lipinski definition) is 0. The third kappa shape index (κ3) is 4.40. The van der Waals surface area contributed by atoms with Gasteiger partial charge >= 0.3 is 0 Å². The van der Waals surface area contributed by atoms with Crippen LogP contribution in [0.2, 0.25) is 25.7 Å². The van der Waals surface area contributed by atoms with E-state index >= 15 is 0 Å². The summed E-state index contributed by atoms with van der Waals surface area (Å²) in [5, 5.41) is 4.96. The summed E-state index contributed by atoms with van der Waals surface area (Å²) >= 11 is 3.41. The van der Waals surface area contributed by atoms with Gasteiger partial charge in [0.2, 0.25) is 0 Å². The van der Waals surface area contributed by atoms with Crippen molar-refractivity contribution in [1.82, 2.24) is 9.78 Å². The molecule has 0 aliphatic heterocycles. The third-order valence-corrected chi connectivity index (χ3v) is 6.44. The van der Waals surface area contributed by atoms with Crippen molar-refractivity contribution in [3.63, 3.8) is 0 Å². The Hall–Kier alpha value is -0.703. The molecule has 0 N–H and O–H groups in total. The van der Waals surface area contributed by atoms with Gasteiger partial charge in [-0.05, 0) is 24.2 Å². The molecular formula is C14H21BrN2O3SSi. The minimum atomic E-state index is -3.37. The van der Waals surface area contributed by atoms with E-state index in [1.54, 1.807) is 10.7 Å². The van der Waals surface area contributed by atoms with E-state index in [0.29, 0.717) is 12.0 Å². The van der Waals surface area contributed by atoms with Crippen LogP contribution in [-0.4, -0.2) is 39.1 Å². The van der Waals surface area contributed by atoms with Gasteiger partial charge in [-0.25, -0.2) is 13.1 Å². The maximum Gasteiger partial charge on any atom is 0.195 e. The Balaban J connectivity index is 2.28. The van der Waals surface area contributed by atoms with E-state index in [9.17, 15) is 8.42 Å². The molecule has 0 saturated carbocycles. The molecular weight excluding hydrogens is 384 g/mol. The Morgan fingerprint density at radius 2 is 2.00 bits per heavy atom. The summed E-state index contributed by atoms with van der Waals surface area (Å²) in [6.07, 6.45) is 1.17. The predicted octanol–water partition coefficient (Wildman–Crippen LogP) is 3.51. The molecule has 1 aromatic heterocycles. The first-order chi connectivity index (χ1) is 10.1. The summed E-state index contributed by atoms with van der Waals surface area (Å²) < 4.78 is 32.0. The lowest BCUT2D eigenvalue weighted by atomic mass is 10.2. The Bertz CT molecular complexity index is 781. The first kappa shape index (κ1) is 17.6. The van der Waals surface area contributed by atoms with Crippen molar-refractivity contribution >= 4 is 44.7 Å². The van der Waals surface area contributed by atoms with E-state index < -0.39 is 17.9 Å².